The van der Waals surface area contributed by atoms with E-state index in [-0.39, 0.29) is 6.42 Å². The minimum atomic E-state index is -4.54. The summed E-state index contributed by atoms with van der Waals surface area (Å²) in [5.74, 6) is -0.620. The highest BCUT2D eigenvalue weighted by Gasteiger charge is 2.29. The number of ether oxygens (including phenoxy) is 1. The van der Waals surface area contributed by atoms with Crippen LogP contribution >= 0.6 is 0 Å². The molecule has 7 heteroatoms. The van der Waals surface area contributed by atoms with Gasteiger partial charge in [-0.25, -0.2) is 4.79 Å². The molecule has 0 rings (SSSR count). The van der Waals surface area contributed by atoms with E-state index >= 15 is 0 Å². The molecule has 5 nitrogen and oxygen atoms in total. The third-order valence-corrected chi connectivity index (χ3v) is 3.11. The fraction of sp³-hybridized carbons (Fsp3) is 0.917. The molecule has 0 aliphatic carbocycles. The summed E-state index contributed by atoms with van der Waals surface area (Å²) < 4.78 is 38.8. The Hall–Kier alpha value is -0.850. The molecule has 1 amide bonds. The number of carbonyl (C=O) groups is 1. The quantitative estimate of drug-likeness (QED) is 0.810. The molecule has 1 atom stereocenters. The van der Waals surface area contributed by atoms with Crippen LogP contribution in [0.2, 0.25) is 0 Å². The summed E-state index contributed by atoms with van der Waals surface area (Å²) in [6.45, 7) is 10.7. The van der Waals surface area contributed by atoms with Crippen molar-refractivity contribution in [1.82, 2.24) is 5.32 Å². The molecule has 0 radical (unpaired) electrons. The summed E-state index contributed by atoms with van der Waals surface area (Å²) in [4.78, 5) is 11.7. The SMILES string of the molecule is CC(C)(C)OC(=O)NC(CCS(=O)(=O)F)C(C)(C)C. The zero-order valence-electron chi connectivity index (χ0n) is 12.4. The van der Waals surface area contributed by atoms with E-state index in [1.807, 2.05) is 20.8 Å². The van der Waals surface area contributed by atoms with Gasteiger partial charge in [-0.2, -0.15) is 8.42 Å². The third kappa shape index (κ3) is 9.69. The second kappa shape index (κ2) is 6.07. The molecule has 19 heavy (non-hydrogen) atoms. The summed E-state index contributed by atoms with van der Waals surface area (Å²) in [6, 6.07) is -0.493. The molecule has 0 aromatic carbocycles. The minimum absolute atomic E-state index is 0.00156. The number of alkyl carbamates (subject to hydrolysis) is 1. The van der Waals surface area contributed by atoms with Crippen molar-refractivity contribution in [2.24, 2.45) is 5.41 Å². The Morgan fingerprint density at radius 3 is 2.00 bits per heavy atom. The topological polar surface area (TPSA) is 72.5 Å². The van der Waals surface area contributed by atoms with E-state index in [0.29, 0.717) is 0 Å². The summed E-state index contributed by atoms with van der Waals surface area (Å²) in [7, 11) is -4.54. The van der Waals surface area contributed by atoms with Crippen LogP contribution in [0.3, 0.4) is 0 Å². The Kier molecular flexibility index (Phi) is 5.80. The Bertz CT molecular complexity index is 406. The molecule has 0 aromatic rings. The molecule has 0 spiro atoms. The van der Waals surface area contributed by atoms with Gasteiger partial charge in [0.1, 0.15) is 5.60 Å². The van der Waals surface area contributed by atoms with E-state index in [4.69, 9.17) is 4.74 Å². The van der Waals surface area contributed by atoms with Crippen molar-refractivity contribution in [3.8, 4) is 0 Å². The molecule has 0 bridgehead atoms. The Morgan fingerprint density at radius 2 is 1.68 bits per heavy atom. The van der Waals surface area contributed by atoms with Crippen LogP contribution in [-0.4, -0.2) is 31.9 Å². The fourth-order valence-electron chi connectivity index (χ4n) is 1.43. The van der Waals surface area contributed by atoms with Crippen molar-refractivity contribution < 1.29 is 21.8 Å². The average molecular weight is 297 g/mol. The fourth-order valence-corrected chi connectivity index (χ4v) is 1.95. The molecule has 1 unspecified atom stereocenters. The van der Waals surface area contributed by atoms with Crippen molar-refractivity contribution in [1.29, 1.82) is 0 Å². The molecule has 1 N–H and O–H groups in total. The standard InChI is InChI=1S/C12H24FNO4S/c1-11(2,3)9(7-8-19(13,16)17)14-10(15)18-12(4,5)6/h9H,7-8H2,1-6H3,(H,14,15). The number of carbonyl (C=O) groups excluding carboxylic acids is 1. The normalized spacial score (nSPS) is 14.9. The first-order valence-corrected chi connectivity index (χ1v) is 7.68. The van der Waals surface area contributed by atoms with E-state index < -0.39 is 39.1 Å². The van der Waals surface area contributed by atoms with E-state index in [0.717, 1.165) is 0 Å². The number of nitrogens with one attached hydrogen (secondary N) is 1. The van der Waals surface area contributed by atoms with Crippen molar-refractivity contribution in [3.63, 3.8) is 0 Å². The predicted octanol–water partition coefficient (Wildman–Crippen LogP) is 2.62. The lowest BCUT2D eigenvalue weighted by molar-refractivity contribution is 0.0462. The largest absolute Gasteiger partial charge is 0.444 e. The van der Waals surface area contributed by atoms with Crippen LogP contribution in [-0.2, 0) is 15.0 Å². The maximum atomic E-state index is 12.6. The Balaban J connectivity index is 4.67. The second-order valence-corrected chi connectivity index (χ2v) is 8.08. The highest BCUT2D eigenvalue weighted by atomic mass is 32.3. The average Bonchev–Trinajstić information content (AvgIpc) is 2.05. The van der Waals surface area contributed by atoms with Crippen LogP contribution in [0.15, 0.2) is 0 Å². The number of amides is 1. The highest BCUT2D eigenvalue weighted by molar-refractivity contribution is 7.86. The second-order valence-electron chi connectivity index (χ2n) is 6.60. The summed E-state index contributed by atoms with van der Waals surface area (Å²) >= 11 is 0. The Morgan fingerprint density at radius 1 is 1.21 bits per heavy atom. The number of hydrogen-bond donors (Lipinski definition) is 1. The first-order chi connectivity index (χ1) is 8.21. The van der Waals surface area contributed by atoms with Gasteiger partial charge in [0.05, 0.1) is 5.75 Å². The zero-order valence-corrected chi connectivity index (χ0v) is 13.2. The van der Waals surface area contributed by atoms with Crippen molar-refractivity contribution >= 4 is 16.3 Å². The summed E-state index contributed by atoms with van der Waals surface area (Å²) in [6.07, 6.45) is -0.634. The molecule has 0 fully saturated rings. The van der Waals surface area contributed by atoms with Crippen molar-refractivity contribution in [2.75, 3.05) is 5.75 Å². The third-order valence-electron chi connectivity index (χ3n) is 2.39. The minimum Gasteiger partial charge on any atom is -0.444 e. The number of hydrogen-bond acceptors (Lipinski definition) is 4. The van der Waals surface area contributed by atoms with Crippen LogP contribution in [0, 0.1) is 5.41 Å². The molecule has 0 aliphatic heterocycles. The van der Waals surface area contributed by atoms with Gasteiger partial charge in [0.25, 0.3) is 0 Å². The number of rotatable bonds is 4. The van der Waals surface area contributed by atoms with Gasteiger partial charge in [-0.15, -0.1) is 3.89 Å². The predicted molar refractivity (Wildman–Crippen MR) is 72.1 cm³/mol. The molecule has 0 aliphatic rings. The maximum absolute atomic E-state index is 12.6. The van der Waals surface area contributed by atoms with E-state index in [2.05, 4.69) is 5.32 Å². The van der Waals surface area contributed by atoms with E-state index in [1.165, 1.54) is 0 Å². The number of halogens is 1. The smallest absolute Gasteiger partial charge is 0.407 e. The van der Waals surface area contributed by atoms with Gasteiger partial charge in [-0.05, 0) is 32.6 Å². The van der Waals surface area contributed by atoms with Crippen molar-refractivity contribution in [2.45, 2.75) is 59.6 Å². The van der Waals surface area contributed by atoms with Crippen LogP contribution in [0.5, 0.6) is 0 Å². The first kappa shape index (κ1) is 18.1. The van der Waals surface area contributed by atoms with Gasteiger partial charge < -0.3 is 10.1 Å². The lowest BCUT2D eigenvalue weighted by Gasteiger charge is -2.32. The van der Waals surface area contributed by atoms with Crippen LogP contribution in [0.4, 0.5) is 8.68 Å². The molecule has 0 heterocycles. The van der Waals surface area contributed by atoms with Gasteiger partial charge in [-0.1, -0.05) is 20.8 Å². The first-order valence-electron chi connectivity index (χ1n) is 6.12. The lowest BCUT2D eigenvalue weighted by Crippen LogP contribution is -2.46. The van der Waals surface area contributed by atoms with E-state index in [9.17, 15) is 17.1 Å². The van der Waals surface area contributed by atoms with E-state index in [1.54, 1.807) is 20.8 Å². The summed E-state index contributed by atoms with van der Waals surface area (Å²) in [5.41, 5.74) is -1.04. The zero-order chi connectivity index (χ0) is 15.5. The van der Waals surface area contributed by atoms with Crippen LogP contribution in [0.1, 0.15) is 48.0 Å². The van der Waals surface area contributed by atoms with Crippen molar-refractivity contribution in [3.05, 3.63) is 0 Å². The van der Waals surface area contributed by atoms with Gasteiger partial charge in [0.2, 0.25) is 0 Å². The van der Waals surface area contributed by atoms with Crippen LogP contribution < -0.4 is 5.32 Å². The molecule has 0 saturated heterocycles. The molecule has 114 valence electrons. The lowest BCUT2D eigenvalue weighted by atomic mass is 9.85. The maximum Gasteiger partial charge on any atom is 0.407 e. The molecule has 0 saturated carbocycles. The van der Waals surface area contributed by atoms with Gasteiger partial charge >= 0.3 is 16.3 Å². The van der Waals surface area contributed by atoms with Gasteiger partial charge in [-0.3, -0.25) is 0 Å². The monoisotopic (exact) mass is 297 g/mol. The van der Waals surface area contributed by atoms with Gasteiger partial charge in [0.15, 0.2) is 0 Å². The summed E-state index contributed by atoms with van der Waals surface area (Å²) in [5, 5.41) is 2.59. The van der Waals surface area contributed by atoms with Crippen LogP contribution in [0.25, 0.3) is 0 Å². The highest BCUT2D eigenvalue weighted by Crippen LogP contribution is 2.23. The molecule has 0 aromatic heterocycles. The molecular weight excluding hydrogens is 273 g/mol. The molecular formula is C12H24FNO4S. The van der Waals surface area contributed by atoms with Gasteiger partial charge in [0, 0.05) is 6.04 Å². The Labute approximate surface area is 115 Å².